The molecule has 1 aliphatic rings. The van der Waals surface area contributed by atoms with E-state index >= 15 is 0 Å². The van der Waals surface area contributed by atoms with E-state index in [9.17, 15) is 4.79 Å². The summed E-state index contributed by atoms with van der Waals surface area (Å²) in [6, 6.07) is 0.355. The summed E-state index contributed by atoms with van der Waals surface area (Å²) < 4.78 is 0. The number of amides is 1. The van der Waals surface area contributed by atoms with Gasteiger partial charge in [-0.3, -0.25) is 9.80 Å². The van der Waals surface area contributed by atoms with Crippen molar-refractivity contribution in [3.8, 4) is 0 Å². The lowest BCUT2D eigenvalue weighted by molar-refractivity contribution is -0.129. The number of nitrogens with two attached hydrogens (primary N) is 1. The molecular formula is C8H17N3O. The quantitative estimate of drug-likeness (QED) is 0.621. The van der Waals surface area contributed by atoms with Crippen molar-refractivity contribution in [2.45, 2.75) is 38.8 Å². The first-order valence-electron chi connectivity index (χ1n) is 4.45. The topological polar surface area (TPSA) is 58.4 Å². The van der Waals surface area contributed by atoms with E-state index in [1.165, 1.54) is 0 Å². The van der Waals surface area contributed by atoms with Gasteiger partial charge in [0, 0.05) is 18.5 Å². The number of carbonyl (C=O) groups excluding carboxylic acids is 1. The molecule has 1 heterocycles. The zero-order valence-electron chi connectivity index (χ0n) is 7.71. The minimum absolute atomic E-state index is 0.0389. The maximum absolute atomic E-state index is 11.3. The van der Waals surface area contributed by atoms with Crippen LogP contribution < -0.4 is 11.2 Å². The van der Waals surface area contributed by atoms with E-state index < -0.39 is 0 Å². The van der Waals surface area contributed by atoms with Gasteiger partial charge >= 0.3 is 0 Å². The van der Waals surface area contributed by atoms with E-state index in [4.69, 9.17) is 5.73 Å². The Labute approximate surface area is 73.1 Å². The molecule has 0 aromatic carbocycles. The summed E-state index contributed by atoms with van der Waals surface area (Å²) in [6.45, 7) is 4.57. The van der Waals surface area contributed by atoms with Gasteiger partial charge in [0.15, 0.2) is 0 Å². The maximum Gasteiger partial charge on any atom is 0.238 e. The van der Waals surface area contributed by atoms with Crippen LogP contribution in [0.5, 0.6) is 0 Å². The molecule has 0 radical (unpaired) electrons. The molecule has 2 atom stereocenters. The van der Waals surface area contributed by atoms with Crippen LogP contribution in [0.2, 0.25) is 0 Å². The van der Waals surface area contributed by atoms with Crippen molar-refractivity contribution in [1.29, 1.82) is 0 Å². The average Bonchev–Trinajstić information content (AvgIpc) is 2.31. The Kier molecular flexibility index (Phi) is 3.05. The van der Waals surface area contributed by atoms with Gasteiger partial charge in [-0.25, -0.2) is 5.43 Å². The predicted octanol–water partition coefficient (Wildman–Crippen LogP) is -0.151. The third kappa shape index (κ3) is 2.19. The second-order valence-electron chi connectivity index (χ2n) is 3.42. The first-order valence-corrected chi connectivity index (χ1v) is 4.45. The second kappa shape index (κ2) is 3.87. The minimum Gasteiger partial charge on any atom is -0.326 e. The number of hydrazine groups is 1. The normalized spacial score (nSPS) is 26.4. The first kappa shape index (κ1) is 9.48. The lowest BCUT2D eigenvalue weighted by atomic mass is 10.2. The number of rotatable bonds is 3. The molecule has 12 heavy (non-hydrogen) atoms. The van der Waals surface area contributed by atoms with Gasteiger partial charge in [0.25, 0.3) is 0 Å². The highest BCUT2D eigenvalue weighted by molar-refractivity contribution is 5.78. The number of hydrogen-bond acceptors (Lipinski definition) is 3. The van der Waals surface area contributed by atoms with E-state index in [1.807, 2.05) is 6.92 Å². The molecule has 0 bridgehead atoms. The zero-order chi connectivity index (χ0) is 9.14. The van der Waals surface area contributed by atoms with E-state index in [-0.39, 0.29) is 11.9 Å². The fraction of sp³-hybridized carbons (Fsp3) is 0.875. The van der Waals surface area contributed by atoms with Crippen molar-refractivity contribution in [3.63, 3.8) is 0 Å². The van der Waals surface area contributed by atoms with Gasteiger partial charge in [-0.2, -0.15) is 0 Å². The van der Waals surface area contributed by atoms with Crippen LogP contribution in [0, 0.1) is 0 Å². The lowest BCUT2D eigenvalue weighted by Gasteiger charge is -2.19. The number of nitrogens with zero attached hydrogens (tertiary/aromatic N) is 1. The average molecular weight is 171 g/mol. The lowest BCUT2D eigenvalue weighted by Crippen LogP contribution is -2.43. The summed E-state index contributed by atoms with van der Waals surface area (Å²) in [6.07, 6.45) is 1.60. The Morgan fingerprint density at radius 1 is 1.83 bits per heavy atom. The summed E-state index contributed by atoms with van der Waals surface area (Å²) in [5.74, 6) is 0.166. The first-order chi connectivity index (χ1) is 5.63. The van der Waals surface area contributed by atoms with E-state index in [0.29, 0.717) is 19.0 Å². The van der Waals surface area contributed by atoms with Gasteiger partial charge in [0.05, 0.1) is 6.54 Å². The molecule has 0 spiro atoms. The van der Waals surface area contributed by atoms with Crippen LogP contribution >= 0.6 is 0 Å². The Hall–Kier alpha value is -0.610. The van der Waals surface area contributed by atoms with Crippen molar-refractivity contribution in [2.24, 2.45) is 5.73 Å². The van der Waals surface area contributed by atoms with Gasteiger partial charge in [-0.15, -0.1) is 0 Å². The van der Waals surface area contributed by atoms with Crippen LogP contribution in [0.4, 0.5) is 0 Å². The van der Waals surface area contributed by atoms with Crippen LogP contribution in [-0.4, -0.2) is 29.5 Å². The van der Waals surface area contributed by atoms with Gasteiger partial charge in [-0.05, 0) is 13.3 Å². The Morgan fingerprint density at radius 3 is 2.92 bits per heavy atom. The van der Waals surface area contributed by atoms with Crippen LogP contribution in [0.25, 0.3) is 0 Å². The smallest absolute Gasteiger partial charge is 0.238 e. The predicted molar refractivity (Wildman–Crippen MR) is 47.2 cm³/mol. The third-order valence-electron chi connectivity index (χ3n) is 2.02. The highest BCUT2D eigenvalue weighted by atomic mass is 16.2. The minimum atomic E-state index is 0.0389. The van der Waals surface area contributed by atoms with Crippen LogP contribution in [0.3, 0.4) is 0 Å². The summed E-state index contributed by atoms with van der Waals surface area (Å²) in [4.78, 5) is 11.3. The van der Waals surface area contributed by atoms with Gasteiger partial charge in [0.2, 0.25) is 5.91 Å². The fourth-order valence-electron chi connectivity index (χ4n) is 1.34. The Balaban J connectivity index is 2.41. The summed E-state index contributed by atoms with van der Waals surface area (Å²) in [5.41, 5.74) is 8.71. The van der Waals surface area contributed by atoms with Crippen molar-refractivity contribution >= 4 is 5.91 Å². The standard InChI is InChI=1S/C8H17N3O/c1-3-7-4-8(12)11(10-7)5-6(2)9/h6-7,10H,3-5,9H2,1-2H3. The molecule has 3 N–H and O–H groups in total. The van der Waals surface area contributed by atoms with Gasteiger partial charge < -0.3 is 5.73 Å². The Bertz CT molecular complexity index is 170. The molecular weight excluding hydrogens is 154 g/mol. The second-order valence-corrected chi connectivity index (χ2v) is 3.42. The summed E-state index contributed by atoms with van der Waals surface area (Å²) in [5, 5.41) is 1.64. The molecule has 0 saturated carbocycles. The van der Waals surface area contributed by atoms with Gasteiger partial charge in [-0.1, -0.05) is 6.92 Å². The SMILES string of the molecule is CCC1CC(=O)N(CC(C)N)N1. The molecule has 1 aliphatic heterocycles. The van der Waals surface area contributed by atoms with E-state index in [1.54, 1.807) is 5.01 Å². The molecule has 2 unspecified atom stereocenters. The Morgan fingerprint density at radius 2 is 2.50 bits per heavy atom. The molecule has 1 amide bonds. The van der Waals surface area contributed by atoms with Crippen LogP contribution in [-0.2, 0) is 4.79 Å². The number of nitrogens with one attached hydrogen (secondary N) is 1. The van der Waals surface area contributed by atoms with Crippen molar-refractivity contribution < 1.29 is 4.79 Å². The van der Waals surface area contributed by atoms with Gasteiger partial charge in [0.1, 0.15) is 0 Å². The molecule has 1 rings (SSSR count). The highest BCUT2D eigenvalue weighted by Crippen LogP contribution is 2.09. The molecule has 1 fully saturated rings. The van der Waals surface area contributed by atoms with Crippen molar-refractivity contribution in [1.82, 2.24) is 10.4 Å². The molecule has 0 aromatic heterocycles. The molecule has 0 aliphatic carbocycles. The molecule has 1 saturated heterocycles. The van der Waals surface area contributed by atoms with Crippen molar-refractivity contribution in [2.75, 3.05) is 6.54 Å². The summed E-state index contributed by atoms with van der Waals surface area (Å²) >= 11 is 0. The van der Waals surface area contributed by atoms with E-state index in [2.05, 4.69) is 12.3 Å². The number of hydrogen-bond donors (Lipinski definition) is 2. The van der Waals surface area contributed by atoms with E-state index in [0.717, 1.165) is 6.42 Å². The monoisotopic (exact) mass is 171 g/mol. The van der Waals surface area contributed by atoms with Crippen LogP contribution in [0.15, 0.2) is 0 Å². The summed E-state index contributed by atoms with van der Waals surface area (Å²) in [7, 11) is 0. The van der Waals surface area contributed by atoms with Crippen LogP contribution in [0.1, 0.15) is 26.7 Å². The molecule has 4 heteroatoms. The van der Waals surface area contributed by atoms with Crippen molar-refractivity contribution in [3.05, 3.63) is 0 Å². The maximum atomic E-state index is 11.3. The third-order valence-corrected chi connectivity index (χ3v) is 2.02. The molecule has 0 aromatic rings. The zero-order valence-corrected chi connectivity index (χ0v) is 7.71. The largest absolute Gasteiger partial charge is 0.326 e. The highest BCUT2D eigenvalue weighted by Gasteiger charge is 2.27. The fourth-order valence-corrected chi connectivity index (χ4v) is 1.34. The molecule has 4 nitrogen and oxygen atoms in total. The molecule has 70 valence electrons. The number of carbonyl (C=O) groups is 1.